The summed E-state index contributed by atoms with van der Waals surface area (Å²) in [6.45, 7) is 0. The van der Waals surface area contributed by atoms with E-state index in [1.807, 2.05) is 6.07 Å². The first-order valence-electron chi connectivity index (χ1n) is 8.08. The Bertz CT molecular complexity index is 913. The lowest BCUT2D eigenvalue weighted by Gasteiger charge is -2.39. The van der Waals surface area contributed by atoms with Crippen LogP contribution in [0.4, 0.5) is 0 Å². The topological polar surface area (TPSA) is 123 Å². The fourth-order valence-electron chi connectivity index (χ4n) is 4.33. The summed E-state index contributed by atoms with van der Waals surface area (Å²) in [5, 5.41) is 20.9. The summed E-state index contributed by atoms with van der Waals surface area (Å²) in [7, 11) is 3.34. The van der Waals surface area contributed by atoms with Crippen molar-refractivity contribution in [2.24, 2.45) is 11.3 Å². The second kappa shape index (κ2) is 6.43. The average molecular weight is 371 g/mol. The van der Waals surface area contributed by atoms with Crippen molar-refractivity contribution >= 4 is 17.9 Å². The molecule has 0 saturated heterocycles. The highest BCUT2D eigenvalue weighted by atomic mass is 16.5. The lowest BCUT2D eigenvalue weighted by atomic mass is 9.60. The maximum Gasteiger partial charge on any atom is 0.337 e. The summed E-state index contributed by atoms with van der Waals surface area (Å²) in [6.07, 6.45) is 0. The first kappa shape index (κ1) is 18.5. The molecule has 2 aliphatic rings. The van der Waals surface area contributed by atoms with Gasteiger partial charge in [0.1, 0.15) is 11.7 Å². The van der Waals surface area contributed by atoms with E-state index in [0.717, 1.165) is 21.3 Å². The fraction of sp³-hybridized carbons (Fsp3) is 0.368. The van der Waals surface area contributed by atoms with Gasteiger partial charge in [-0.3, -0.25) is 9.59 Å². The Morgan fingerprint density at radius 2 is 1.70 bits per heavy atom. The number of nitrogens with zero attached hydrogens (tertiary/aromatic N) is 1. The number of aliphatic hydroxyl groups is 1. The van der Waals surface area contributed by atoms with E-state index in [9.17, 15) is 24.8 Å². The fourth-order valence-corrected chi connectivity index (χ4v) is 4.33. The molecule has 0 heterocycles. The third-order valence-corrected chi connectivity index (χ3v) is 5.35. The highest BCUT2D eigenvalue weighted by molar-refractivity contribution is 5.99. The molecule has 0 aliphatic heterocycles. The summed E-state index contributed by atoms with van der Waals surface area (Å²) in [4.78, 5) is 37.8. The average Bonchev–Trinajstić information content (AvgIpc) is 2.92. The maximum absolute atomic E-state index is 12.8. The van der Waals surface area contributed by atoms with E-state index in [-0.39, 0.29) is 5.57 Å². The number of benzene rings is 1. The second-order valence-electron chi connectivity index (χ2n) is 6.30. The molecule has 2 aliphatic carbocycles. The van der Waals surface area contributed by atoms with Crippen molar-refractivity contribution in [1.29, 1.82) is 5.26 Å². The Morgan fingerprint density at radius 1 is 1.07 bits per heavy atom. The molecule has 0 unspecified atom stereocenters. The van der Waals surface area contributed by atoms with E-state index < -0.39 is 46.8 Å². The van der Waals surface area contributed by atoms with E-state index in [0.29, 0.717) is 11.1 Å². The van der Waals surface area contributed by atoms with E-state index >= 15 is 0 Å². The van der Waals surface area contributed by atoms with E-state index in [1.165, 1.54) is 0 Å². The zero-order valence-corrected chi connectivity index (χ0v) is 14.9. The van der Waals surface area contributed by atoms with Gasteiger partial charge in [0.25, 0.3) is 0 Å². The van der Waals surface area contributed by atoms with E-state index in [4.69, 9.17) is 14.2 Å². The summed E-state index contributed by atoms with van der Waals surface area (Å²) < 4.78 is 14.4. The van der Waals surface area contributed by atoms with Gasteiger partial charge in [0.2, 0.25) is 0 Å². The Labute approximate surface area is 154 Å². The molecule has 0 fully saturated rings. The number of carbonyl (C=O) groups is 3. The normalized spacial score (nSPS) is 28.0. The van der Waals surface area contributed by atoms with Gasteiger partial charge in [-0.1, -0.05) is 24.3 Å². The quantitative estimate of drug-likeness (QED) is 0.624. The highest BCUT2D eigenvalue weighted by Crippen LogP contribution is 2.65. The molecule has 1 N–H and O–H groups in total. The van der Waals surface area contributed by atoms with Crippen LogP contribution in [0.15, 0.2) is 35.6 Å². The van der Waals surface area contributed by atoms with Crippen LogP contribution < -0.4 is 0 Å². The van der Waals surface area contributed by atoms with Crippen LogP contribution in [-0.4, -0.2) is 44.3 Å². The number of esters is 3. The highest BCUT2D eigenvalue weighted by Gasteiger charge is 2.69. The third kappa shape index (κ3) is 2.18. The van der Waals surface area contributed by atoms with Gasteiger partial charge < -0.3 is 19.3 Å². The van der Waals surface area contributed by atoms with Gasteiger partial charge >= 0.3 is 17.9 Å². The monoisotopic (exact) mass is 371 g/mol. The van der Waals surface area contributed by atoms with Crippen molar-refractivity contribution in [1.82, 2.24) is 0 Å². The van der Waals surface area contributed by atoms with Gasteiger partial charge in [0.05, 0.1) is 33.0 Å². The van der Waals surface area contributed by atoms with Gasteiger partial charge in [-0.15, -0.1) is 0 Å². The van der Waals surface area contributed by atoms with Crippen LogP contribution in [0.25, 0.3) is 0 Å². The molecule has 0 radical (unpaired) electrons. The largest absolute Gasteiger partial charge is 0.511 e. The van der Waals surface area contributed by atoms with Crippen LogP contribution in [0.2, 0.25) is 0 Å². The standard InChI is InChI=1S/C19H17NO7/c1-25-16(22)11-13-9-6-4-5-7-10(9)14(12(15(11)21)17(23)26-2)19(13,8-20)18(24)27-3/h4-7,11,13-14,21H,1-3H3/t11-,13-,14-,19-/m1/s1. The van der Waals surface area contributed by atoms with Gasteiger partial charge in [-0.2, -0.15) is 5.26 Å². The van der Waals surface area contributed by atoms with Gasteiger partial charge in [0, 0.05) is 11.8 Å². The number of aliphatic hydroxyl groups excluding tert-OH is 1. The van der Waals surface area contributed by atoms with Crippen molar-refractivity contribution in [3.05, 3.63) is 46.7 Å². The molecule has 0 spiro atoms. The molecule has 27 heavy (non-hydrogen) atoms. The van der Waals surface area contributed by atoms with Crippen LogP contribution in [-0.2, 0) is 28.6 Å². The minimum absolute atomic E-state index is 0.318. The molecule has 0 saturated carbocycles. The minimum atomic E-state index is -1.92. The van der Waals surface area contributed by atoms with E-state index in [1.54, 1.807) is 24.3 Å². The molecule has 0 amide bonds. The molecule has 0 aromatic heterocycles. The molecule has 8 nitrogen and oxygen atoms in total. The Kier molecular flexibility index (Phi) is 4.39. The zero-order chi connectivity index (χ0) is 19.9. The Morgan fingerprint density at radius 3 is 2.22 bits per heavy atom. The van der Waals surface area contributed by atoms with Crippen LogP contribution in [0.5, 0.6) is 0 Å². The SMILES string of the molecule is COC(=O)C1=C(O)[C@H](C(=O)OC)[C@H]2c3ccccc3[C@H]1[C@]2(C#N)C(=O)OC. The number of nitriles is 1. The van der Waals surface area contributed by atoms with Crippen molar-refractivity contribution in [3.63, 3.8) is 0 Å². The maximum atomic E-state index is 12.8. The minimum Gasteiger partial charge on any atom is -0.511 e. The second-order valence-corrected chi connectivity index (χ2v) is 6.30. The predicted molar refractivity (Wildman–Crippen MR) is 89.2 cm³/mol. The third-order valence-electron chi connectivity index (χ3n) is 5.35. The van der Waals surface area contributed by atoms with Crippen LogP contribution in [0.3, 0.4) is 0 Å². The van der Waals surface area contributed by atoms with Gasteiger partial charge in [-0.05, 0) is 11.1 Å². The lowest BCUT2D eigenvalue weighted by molar-refractivity contribution is -0.156. The van der Waals surface area contributed by atoms with Crippen molar-refractivity contribution in [2.45, 2.75) is 11.8 Å². The predicted octanol–water partition coefficient (Wildman–Crippen LogP) is 1.34. The van der Waals surface area contributed by atoms with Crippen molar-refractivity contribution in [3.8, 4) is 6.07 Å². The summed E-state index contributed by atoms with van der Waals surface area (Å²) in [5.41, 5.74) is -1.27. The van der Waals surface area contributed by atoms with Crippen LogP contribution in [0, 0.1) is 22.7 Å². The summed E-state index contributed by atoms with van der Waals surface area (Å²) in [5.74, 6) is -6.92. The van der Waals surface area contributed by atoms with Crippen LogP contribution in [0.1, 0.15) is 23.0 Å². The van der Waals surface area contributed by atoms with Crippen molar-refractivity contribution < 1.29 is 33.7 Å². The molecule has 1 aromatic rings. The molecule has 8 heteroatoms. The Hall–Kier alpha value is -3.34. The molecular formula is C19H17NO7. The van der Waals surface area contributed by atoms with Crippen LogP contribution >= 0.6 is 0 Å². The van der Waals surface area contributed by atoms with Gasteiger partial charge in [-0.25, -0.2) is 4.79 Å². The lowest BCUT2D eigenvalue weighted by Crippen LogP contribution is -2.48. The molecule has 4 atom stereocenters. The summed E-state index contributed by atoms with van der Waals surface area (Å²) in [6, 6.07) is 8.64. The molecule has 1 aromatic carbocycles. The first-order chi connectivity index (χ1) is 12.9. The van der Waals surface area contributed by atoms with E-state index in [2.05, 4.69) is 0 Å². The molecule has 2 bridgehead atoms. The summed E-state index contributed by atoms with van der Waals surface area (Å²) >= 11 is 0. The molecule has 140 valence electrons. The number of hydrogen-bond donors (Lipinski definition) is 1. The smallest absolute Gasteiger partial charge is 0.337 e. The number of hydrogen-bond acceptors (Lipinski definition) is 8. The number of rotatable bonds is 3. The molecule has 3 rings (SSSR count). The number of fused-ring (bicyclic) bond motifs is 5. The Balaban J connectivity index is 2.46. The first-order valence-corrected chi connectivity index (χ1v) is 8.08. The van der Waals surface area contributed by atoms with Gasteiger partial charge in [0.15, 0.2) is 5.41 Å². The van der Waals surface area contributed by atoms with Crippen molar-refractivity contribution in [2.75, 3.05) is 21.3 Å². The number of methoxy groups -OCH3 is 3. The molecular weight excluding hydrogens is 354 g/mol. The number of ether oxygens (including phenoxy) is 3. The number of carbonyl (C=O) groups excluding carboxylic acids is 3. The zero-order valence-electron chi connectivity index (χ0n) is 14.9.